The Kier molecular flexibility index (Phi) is 3.76. The van der Waals surface area contributed by atoms with Crippen LogP contribution >= 0.6 is 15.9 Å². The van der Waals surface area contributed by atoms with E-state index in [0.717, 1.165) is 16.7 Å². The molecule has 2 rings (SSSR count). The van der Waals surface area contributed by atoms with Crippen molar-refractivity contribution in [3.63, 3.8) is 0 Å². The Hall–Kier alpha value is -0.580. The van der Waals surface area contributed by atoms with E-state index in [9.17, 15) is 5.11 Å². The van der Waals surface area contributed by atoms with Crippen molar-refractivity contribution in [2.45, 2.75) is 25.5 Å². The minimum Gasteiger partial charge on any atom is -0.387 e. The molecule has 1 saturated heterocycles. The molecule has 1 aliphatic rings. The van der Waals surface area contributed by atoms with Crippen LogP contribution in [-0.4, -0.2) is 36.4 Å². The van der Waals surface area contributed by atoms with Crippen LogP contribution in [0.3, 0.4) is 0 Å². The zero-order chi connectivity index (χ0) is 12.5. The van der Waals surface area contributed by atoms with Crippen LogP contribution in [0.15, 0.2) is 28.7 Å². The van der Waals surface area contributed by atoms with Gasteiger partial charge in [-0.1, -0.05) is 15.9 Å². The molecule has 94 valence electrons. The third-order valence-electron chi connectivity index (χ3n) is 3.05. The lowest BCUT2D eigenvalue weighted by molar-refractivity contribution is 0.0718. The highest BCUT2D eigenvalue weighted by Crippen LogP contribution is 2.22. The second kappa shape index (κ2) is 4.96. The molecular weight excluding hydrogens is 280 g/mol. The Labute approximate surface area is 111 Å². The van der Waals surface area contributed by atoms with E-state index >= 15 is 0 Å². The topological polar surface area (TPSA) is 35.5 Å². The van der Waals surface area contributed by atoms with Gasteiger partial charge in [-0.2, -0.15) is 0 Å². The van der Waals surface area contributed by atoms with Crippen molar-refractivity contribution in [1.29, 1.82) is 0 Å². The highest BCUT2D eigenvalue weighted by molar-refractivity contribution is 9.10. The van der Waals surface area contributed by atoms with Crippen molar-refractivity contribution in [2.75, 3.05) is 24.5 Å². The Morgan fingerprint density at radius 2 is 2.06 bits per heavy atom. The first-order valence-electron chi connectivity index (χ1n) is 5.92. The average Bonchev–Trinajstić information content (AvgIpc) is 2.39. The maximum atomic E-state index is 10.2. The summed E-state index contributed by atoms with van der Waals surface area (Å²) in [7, 11) is 0. The summed E-state index contributed by atoms with van der Waals surface area (Å²) in [6.45, 7) is 6.24. The standard InChI is InChI=1S/C13H19BrN2O/c1-10-7-16(9-13(2,17)8-15-10)12-5-3-11(14)4-6-12/h3-6,10,15,17H,7-9H2,1-2H3. The lowest BCUT2D eigenvalue weighted by atomic mass is 10.1. The van der Waals surface area contributed by atoms with Gasteiger partial charge in [0.05, 0.1) is 5.60 Å². The summed E-state index contributed by atoms with van der Waals surface area (Å²) in [5.74, 6) is 0. The number of halogens is 1. The van der Waals surface area contributed by atoms with Crippen LogP contribution in [0.5, 0.6) is 0 Å². The smallest absolute Gasteiger partial charge is 0.0917 e. The van der Waals surface area contributed by atoms with E-state index in [1.54, 1.807) is 0 Å². The molecule has 0 amide bonds. The summed E-state index contributed by atoms with van der Waals surface area (Å²) in [4.78, 5) is 2.23. The van der Waals surface area contributed by atoms with Crippen LogP contribution in [-0.2, 0) is 0 Å². The Morgan fingerprint density at radius 3 is 2.71 bits per heavy atom. The highest BCUT2D eigenvalue weighted by Gasteiger charge is 2.28. The van der Waals surface area contributed by atoms with Gasteiger partial charge in [-0.3, -0.25) is 0 Å². The van der Waals surface area contributed by atoms with Crippen molar-refractivity contribution in [1.82, 2.24) is 5.32 Å². The number of rotatable bonds is 1. The van der Waals surface area contributed by atoms with E-state index in [1.807, 2.05) is 19.1 Å². The lowest BCUT2D eigenvalue weighted by Crippen LogP contribution is -2.43. The third-order valence-corrected chi connectivity index (χ3v) is 3.58. The van der Waals surface area contributed by atoms with Gasteiger partial charge in [-0.25, -0.2) is 0 Å². The first-order chi connectivity index (χ1) is 7.96. The van der Waals surface area contributed by atoms with Crippen LogP contribution in [0.2, 0.25) is 0 Å². The number of nitrogens with zero attached hydrogens (tertiary/aromatic N) is 1. The second-order valence-corrected chi connectivity index (χ2v) is 6.05. The number of anilines is 1. The monoisotopic (exact) mass is 298 g/mol. The molecule has 0 radical (unpaired) electrons. The van der Waals surface area contributed by atoms with E-state index in [-0.39, 0.29) is 0 Å². The van der Waals surface area contributed by atoms with Gasteiger partial charge in [0.1, 0.15) is 0 Å². The molecule has 0 spiro atoms. The average molecular weight is 299 g/mol. The van der Waals surface area contributed by atoms with Gasteiger partial charge >= 0.3 is 0 Å². The van der Waals surface area contributed by atoms with Crippen molar-refractivity contribution < 1.29 is 5.11 Å². The van der Waals surface area contributed by atoms with E-state index in [2.05, 4.69) is 45.2 Å². The zero-order valence-corrected chi connectivity index (χ0v) is 11.9. The van der Waals surface area contributed by atoms with Gasteiger partial charge in [0, 0.05) is 35.8 Å². The number of hydrogen-bond donors (Lipinski definition) is 2. The predicted molar refractivity (Wildman–Crippen MR) is 74.4 cm³/mol. The molecule has 0 aliphatic carbocycles. The number of β-amino-alcohol motifs (C(OH)–C–C–N with tert-alkyl or cyclic N) is 1. The van der Waals surface area contributed by atoms with Crippen molar-refractivity contribution in [3.05, 3.63) is 28.7 Å². The van der Waals surface area contributed by atoms with Gasteiger partial charge in [0.15, 0.2) is 0 Å². The molecule has 1 fully saturated rings. The predicted octanol–water partition coefficient (Wildman–Crippen LogP) is 2.00. The molecule has 17 heavy (non-hydrogen) atoms. The molecule has 1 aromatic rings. The van der Waals surface area contributed by atoms with E-state index in [1.165, 1.54) is 0 Å². The molecule has 0 saturated carbocycles. The molecule has 2 N–H and O–H groups in total. The summed E-state index contributed by atoms with van der Waals surface area (Å²) >= 11 is 3.44. The summed E-state index contributed by atoms with van der Waals surface area (Å²) in [5, 5.41) is 13.6. The molecule has 3 nitrogen and oxygen atoms in total. The maximum absolute atomic E-state index is 10.2. The molecular formula is C13H19BrN2O. The van der Waals surface area contributed by atoms with Gasteiger partial charge in [-0.15, -0.1) is 0 Å². The van der Waals surface area contributed by atoms with Crippen LogP contribution in [0, 0.1) is 0 Å². The molecule has 2 atom stereocenters. The molecule has 1 aromatic carbocycles. The summed E-state index contributed by atoms with van der Waals surface area (Å²) < 4.78 is 1.08. The molecule has 0 aromatic heterocycles. The van der Waals surface area contributed by atoms with Crippen LogP contribution < -0.4 is 10.2 Å². The fourth-order valence-electron chi connectivity index (χ4n) is 2.17. The fraction of sp³-hybridized carbons (Fsp3) is 0.538. The molecule has 2 unspecified atom stereocenters. The maximum Gasteiger partial charge on any atom is 0.0917 e. The number of benzene rings is 1. The quantitative estimate of drug-likeness (QED) is 0.832. The summed E-state index contributed by atoms with van der Waals surface area (Å²) in [5.41, 5.74) is 0.474. The number of hydrogen-bond acceptors (Lipinski definition) is 3. The molecule has 4 heteroatoms. The fourth-order valence-corrected chi connectivity index (χ4v) is 2.43. The molecule has 1 heterocycles. The Morgan fingerprint density at radius 1 is 1.41 bits per heavy atom. The third kappa shape index (κ3) is 3.44. The van der Waals surface area contributed by atoms with Gasteiger partial charge in [0.2, 0.25) is 0 Å². The van der Waals surface area contributed by atoms with Crippen molar-refractivity contribution in [2.24, 2.45) is 0 Å². The minimum absolute atomic E-state index is 0.382. The van der Waals surface area contributed by atoms with Crippen LogP contribution in [0.1, 0.15) is 13.8 Å². The van der Waals surface area contributed by atoms with Gasteiger partial charge < -0.3 is 15.3 Å². The Bertz CT molecular complexity index is 378. The van der Waals surface area contributed by atoms with E-state index in [4.69, 9.17) is 0 Å². The van der Waals surface area contributed by atoms with Crippen LogP contribution in [0.25, 0.3) is 0 Å². The van der Waals surface area contributed by atoms with Crippen molar-refractivity contribution >= 4 is 21.6 Å². The first-order valence-corrected chi connectivity index (χ1v) is 6.72. The van der Waals surface area contributed by atoms with Gasteiger partial charge in [0.25, 0.3) is 0 Å². The number of aliphatic hydroxyl groups is 1. The van der Waals surface area contributed by atoms with Gasteiger partial charge in [-0.05, 0) is 38.1 Å². The van der Waals surface area contributed by atoms with E-state index < -0.39 is 5.60 Å². The molecule has 0 bridgehead atoms. The lowest BCUT2D eigenvalue weighted by Gasteiger charge is -2.30. The first kappa shape index (κ1) is 12.9. The second-order valence-electron chi connectivity index (χ2n) is 5.14. The summed E-state index contributed by atoms with van der Waals surface area (Å²) in [6, 6.07) is 8.61. The zero-order valence-electron chi connectivity index (χ0n) is 10.3. The molecule has 1 aliphatic heterocycles. The van der Waals surface area contributed by atoms with Crippen molar-refractivity contribution in [3.8, 4) is 0 Å². The number of nitrogens with one attached hydrogen (secondary N) is 1. The minimum atomic E-state index is -0.683. The SMILES string of the molecule is CC1CN(c2ccc(Br)cc2)CC(C)(O)CN1. The Balaban J connectivity index is 2.20. The van der Waals surface area contributed by atoms with E-state index in [0.29, 0.717) is 19.1 Å². The normalized spacial score (nSPS) is 30.1. The highest BCUT2D eigenvalue weighted by atomic mass is 79.9. The summed E-state index contributed by atoms with van der Waals surface area (Å²) in [6.07, 6.45) is 0. The van der Waals surface area contributed by atoms with Crippen LogP contribution in [0.4, 0.5) is 5.69 Å². The largest absolute Gasteiger partial charge is 0.387 e.